The van der Waals surface area contributed by atoms with Gasteiger partial charge in [-0.15, -0.1) is 0 Å². The number of halogens is 2. The summed E-state index contributed by atoms with van der Waals surface area (Å²) in [6.45, 7) is 1.71. The minimum atomic E-state index is -3.23. The molecule has 3 aromatic rings. The molecule has 4 rings (SSSR count). The number of hydrogen-bond acceptors (Lipinski definition) is 4. The fourth-order valence-electron chi connectivity index (χ4n) is 3.73. The van der Waals surface area contributed by atoms with Crippen molar-refractivity contribution < 1.29 is 22.0 Å². The molecule has 1 fully saturated rings. The van der Waals surface area contributed by atoms with E-state index in [2.05, 4.69) is 0 Å². The van der Waals surface area contributed by atoms with Crippen molar-refractivity contribution in [3.8, 4) is 0 Å². The van der Waals surface area contributed by atoms with Gasteiger partial charge in [-0.1, -0.05) is 29.8 Å². The third-order valence-electron chi connectivity index (χ3n) is 5.30. The van der Waals surface area contributed by atoms with Crippen LogP contribution in [0, 0.1) is 12.7 Å². The Morgan fingerprint density at radius 3 is 2.72 bits per heavy atom. The summed E-state index contributed by atoms with van der Waals surface area (Å²) in [5.41, 5.74) is 1.45. The average molecular weight is 436 g/mol. The number of sulfone groups is 1. The predicted octanol–water partition coefficient (Wildman–Crippen LogP) is 4.36. The van der Waals surface area contributed by atoms with Gasteiger partial charge in [-0.2, -0.15) is 0 Å². The lowest BCUT2D eigenvalue weighted by Crippen LogP contribution is -2.41. The van der Waals surface area contributed by atoms with E-state index in [1.165, 1.54) is 11.0 Å². The summed E-state index contributed by atoms with van der Waals surface area (Å²) in [5, 5.41) is 1.23. The molecule has 0 radical (unpaired) electrons. The molecule has 0 saturated carbocycles. The van der Waals surface area contributed by atoms with E-state index >= 15 is 0 Å². The second-order valence-electron chi connectivity index (χ2n) is 7.28. The molecule has 152 valence electrons. The normalized spacial score (nSPS) is 18.2. The van der Waals surface area contributed by atoms with Crippen LogP contribution in [0.4, 0.5) is 4.39 Å². The minimum Gasteiger partial charge on any atom is -0.451 e. The zero-order chi connectivity index (χ0) is 20.8. The lowest BCUT2D eigenvalue weighted by Gasteiger charge is -2.28. The molecule has 5 nitrogen and oxygen atoms in total. The maximum Gasteiger partial charge on any atom is 0.290 e. The third kappa shape index (κ3) is 3.89. The highest BCUT2D eigenvalue weighted by molar-refractivity contribution is 7.91. The molecular weight excluding hydrogens is 417 g/mol. The first-order valence-electron chi connectivity index (χ1n) is 9.18. The Kier molecular flexibility index (Phi) is 5.12. The first-order valence-corrected chi connectivity index (χ1v) is 11.4. The van der Waals surface area contributed by atoms with Crippen LogP contribution in [0.3, 0.4) is 0 Å². The fourth-order valence-corrected chi connectivity index (χ4v) is 5.63. The molecule has 0 N–H and O–H groups in total. The van der Waals surface area contributed by atoms with Gasteiger partial charge in [0, 0.05) is 34.1 Å². The highest BCUT2D eigenvalue weighted by Crippen LogP contribution is 2.31. The first kappa shape index (κ1) is 19.9. The van der Waals surface area contributed by atoms with Gasteiger partial charge in [-0.3, -0.25) is 4.79 Å². The Bertz CT molecular complexity index is 1200. The Hall–Kier alpha value is -2.38. The van der Waals surface area contributed by atoms with E-state index in [1.54, 1.807) is 43.3 Å². The van der Waals surface area contributed by atoms with Crippen LogP contribution in [0.1, 0.15) is 28.1 Å². The van der Waals surface area contributed by atoms with Crippen molar-refractivity contribution >= 4 is 38.3 Å². The van der Waals surface area contributed by atoms with E-state index in [-0.39, 0.29) is 23.8 Å². The summed E-state index contributed by atoms with van der Waals surface area (Å²) in [7, 11) is -3.23. The zero-order valence-corrected chi connectivity index (χ0v) is 17.3. The molecular formula is C21H19ClFNO4S. The number of carbonyl (C=O) groups is 1. The van der Waals surface area contributed by atoms with Gasteiger partial charge in [0.1, 0.15) is 11.4 Å². The predicted molar refractivity (Wildman–Crippen MR) is 109 cm³/mol. The molecule has 1 amide bonds. The molecule has 8 heteroatoms. The van der Waals surface area contributed by atoms with Crippen LogP contribution in [-0.2, 0) is 16.4 Å². The molecule has 2 heterocycles. The number of aryl methyl sites for hydroxylation is 1. The minimum absolute atomic E-state index is 0.00738. The van der Waals surface area contributed by atoms with Crippen molar-refractivity contribution in [2.75, 3.05) is 11.5 Å². The number of furan rings is 1. The summed E-state index contributed by atoms with van der Waals surface area (Å²) in [6, 6.07) is 10.7. The highest BCUT2D eigenvalue weighted by atomic mass is 35.5. The number of hydrogen-bond donors (Lipinski definition) is 0. The van der Waals surface area contributed by atoms with Crippen LogP contribution < -0.4 is 0 Å². The Labute approximate surface area is 173 Å². The summed E-state index contributed by atoms with van der Waals surface area (Å²) in [6.07, 6.45) is 0.313. The standard InChI is InChI=1S/C21H19ClFNO4S/c1-13-17-10-15(22)6-7-19(17)28-20(13)21(25)24(16-8-9-29(26,27)12-16)11-14-4-2-3-5-18(14)23/h2-7,10,16H,8-9,11-12H2,1H3. The van der Waals surface area contributed by atoms with Crippen LogP contribution in [0.25, 0.3) is 11.0 Å². The van der Waals surface area contributed by atoms with Crippen LogP contribution >= 0.6 is 11.6 Å². The van der Waals surface area contributed by atoms with Gasteiger partial charge in [-0.25, -0.2) is 12.8 Å². The van der Waals surface area contributed by atoms with E-state index < -0.39 is 27.6 Å². The number of amides is 1. The van der Waals surface area contributed by atoms with Gasteiger partial charge in [0.15, 0.2) is 15.6 Å². The molecule has 1 aromatic heterocycles. The molecule has 2 aromatic carbocycles. The van der Waals surface area contributed by atoms with E-state index in [0.29, 0.717) is 33.5 Å². The van der Waals surface area contributed by atoms with Crippen molar-refractivity contribution in [3.05, 3.63) is 70.2 Å². The fraction of sp³-hybridized carbons (Fsp3) is 0.286. The summed E-state index contributed by atoms with van der Waals surface area (Å²) in [5.74, 6) is -0.923. The van der Waals surface area contributed by atoms with Crippen LogP contribution in [0.15, 0.2) is 46.9 Å². The van der Waals surface area contributed by atoms with E-state index in [4.69, 9.17) is 16.0 Å². The van der Waals surface area contributed by atoms with Crippen molar-refractivity contribution in [1.29, 1.82) is 0 Å². The van der Waals surface area contributed by atoms with Gasteiger partial charge < -0.3 is 9.32 Å². The summed E-state index contributed by atoms with van der Waals surface area (Å²) < 4.78 is 44.1. The molecule has 0 spiro atoms. The monoisotopic (exact) mass is 435 g/mol. The van der Waals surface area contributed by atoms with E-state index in [9.17, 15) is 17.6 Å². The van der Waals surface area contributed by atoms with Crippen molar-refractivity contribution in [2.24, 2.45) is 0 Å². The Morgan fingerprint density at radius 2 is 2.03 bits per heavy atom. The van der Waals surface area contributed by atoms with Gasteiger partial charge >= 0.3 is 0 Å². The molecule has 1 aliphatic heterocycles. The van der Waals surface area contributed by atoms with Gasteiger partial charge in [-0.05, 0) is 37.6 Å². The van der Waals surface area contributed by atoms with Crippen molar-refractivity contribution in [2.45, 2.75) is 25.9 Å². The maximum absolute atomic E-state index is 14.3. The lowest BCUT2D eigenvalue weighted by atomic mass is 10.1. The molecule has 0 bridgehead atoms. The van der Waals surface area contributed by atoms with E-state index in [1.807, 2.05) is 0 Å². The molecule has 1 atom stereocenters. The number of fused-ring (bicyclic) bond motifs is 1. The highest BCUT2D eigenvalue weighted by Gasteiger charge is 2.37. The second kappa shape index (κ2) is 7.46. The number of nitrogens with zero attached hydrogens (tertiary/aromatic N) is 1. The second-order valence-corrected chi connectivity index (χ2v) is 9.94. The van der Waals surface area contributed by atoms with Crippen LogP contribution in [-0.4, -0.2) is 36.8 Å². The maximum atomic E-state index is 14.3. The van der Waals surface area contributed by atoms with Gasteiger partial charge in [0.25, 0.3) is 5.91 Å². The number of benzene rings is 2. The molecule has 1 aliphatic rings. The lowest BCUT2D eigenvalue weighted by molar-refractivity contribution is 0.0647. The summed E-state index contributed by atoms with van der Waals surface area (Å²) >= 11 is 6.06. The van der Waals surface area contributed by atoms with Crippen molar-refractivity contribution in [3.63, 3.8) is 0 Å². The zero-order valence-electron chi connectivity index (χ0n) is 15.7. The first-order chi connectivity index (χ1) is 13.7. The van der Waals surface area contributed by atoms with E-state index in [0.717, 1.165) is 0 Å². The quantitative estimate of drug-likeness (QED) is 0.610. The summed E-state index contributed by atoms with van der Waals surface area (Å²) in [4.78, 5) is 14.8. The number of rotatable bonds is 4. The molecule has 29 heavy (non-hydrogen) atoms. The topological polar surface area (TPSA) is 67.6 Å². The van der Waals surface area contributed by atoms with Gasteiger partial charge in [0.2, 0.25) is 0 Å². The Balaban J connectivity index is 1.75. The molecule has 1 saturated heterocycles. The third-order valence-corrected chi connectivity index (χ3v) is 7.29. The Morgan fingerprint density at radius 1 is 1.28 bits per heavy atom. The largest absolute Gasteiger partial charge is 0.451 e. The smallest absolute Gasteiger partial charge is 0.290 e. The SMILES string of the molecule is Cc1c(C(=O)N(Cc2ccccc2F)C2CCS(=O)(=O)C2)oc2ccc(Cl)cc12. The number of carbonyl (C=O) groups excluding carboxylic acids is 1. The molecule has 1 unspecified atom stereocenters. The van der Waals surface area contributed by atoms with Crippen LogP contribution in [0.2, 0.25) is 5.02 Å². The average Bonchev–Trinajstić information content (AvgIpc) is 3.20. The van der Waals surface area contributed by atoms with Crippen molar-refractivity contribution in [1.82, 2.24) is 4.90 Å². The van der Waals surface area contributed by atoms with Gasteiger partial charge in [0.05, 0.1) is 11.5 Å². The molecule has 0 aliphatic carbocycles. The van der Waals surface area contributed by atoms with Crippen LogP contribution in [0.5, 0.6) is 0 Å².